The van der Waals surface area contributed by atoms with Crippen molar-refractivity contribution >= 4 is 33.8 Å². The number of fused-ring (bicyclic) bond motifs is 1. The topological polar surface area (TPSA) is 38.9 Å². The molecule has 5 nitrogen and oxygen atoms in total. The Balaban J connectivity index is 1.41. The van der Waals surface area contributed by atoms with Crippen molar-refractivity contribution in [3.63, 3.8) is 0 Å². The van der Waals surface area contributed by atoms with Crippen molar-refractivity contribution < 1.29 is 0 Å². The lowest BCUT2D eigenvalue weighted by Crippen LogP contribution is -2.34. The number of para-hydroxylation sites is 1. The number of aromatic nitrogens is 4. The molecule has 0 radical (unpaired) electrons. The molecule has 26 heavy (non-hydrogen) atoms. The molecule has 4 rings (SSSR count). The highest BCUT2D eigenvalue weighted by Gasteiger charge is 2.24. The van der Waals surface area contributed by atoms with Crippen LogP contribution in [0.5, 0.6) is 0 Å². The molecule has 1 saturated heterocycles. The minimum absolute atomic E-state index is 0.566. The van der Waals surface area contributed by atoms with Crippen LogP contribution in [0.1, 0.15) is 29.6 Å². The number of rotatable bonds is 5. The summed E-state index contributed by atoms with van der Waals surface area (Å²) in [6.45, 7) is 9.37. The monoisotopic (exact) mass is 385 g/mol. The lowest BCUT2D eigenvalue weighted by atomic mass is 9.98. The summed E-state index contributed by atoms with van der Waals surface area (Å²) in [5, 5.41) is 5.89. The first kappa shape index (κ1) is 17.6. The number of thiazole rings is 1. The SMILES string of the molecule is C=CCn1c(C)nn(CN2CCC(c3nc4ccccc4s3)CC2)c1=S. The van der Waals surface area contributed by atoms with Crippen LogP contribution in [0.4, 0.5) is 0 Å². The minimum atomic E-state index is 0.566. The van der Waals surface area contributed by atoms with E-state index in [2.05, 4.69) is 40.8 Å². The van der Waals surface area contributed by atoms with Crippen molar-refractivity contribution in [3.05, 3.63) is 52.5 Å². The second kappa shape index (κ2) is 7.42. The van der Waals surface area contributed by atoms with Crippen molar-refractivity contribution in [2.24, 2.45) is 0 Å². The first-order chi connectivity index (χ1) is 12.7. The van der Waals surface area contributed by atoms with Gasteiger partial charge >= 0.3 is 0 Å². The lowest BCUT2D eigenvalue weighted by molar-refractivity contribution is 0.160. The van der Waals surface area contributed by atoms with Gasteiger partial charge in [-0.1, -0.05) is 18.2 Å². The van der Waals surface area contributed by atoms with Gasteiger partial charge in [-0.15, -0.1) is 17.9 Å². The van der Waals surface area contributed by atoms with Gasteiger partial charge in [-0.25, -0.2) is 9.67 Å². The summed E-state index contributed by atoms with van der Waals surface area (Å²) in [4.78, 5) is 7.28. The molecule has 7 heteroatoms. The Hall–Kier alpha value is -1.83. The van der Waals surface area contributed by atoms with E-state index in [1.165, 1.54) is 9.71 Å². The second-order valence-electron chi connectivity index (χ2n) is 6.78. The Morgan fingerprint density at radius 1 is 1.31 bits per heavy atom. The molecule has 0 bridgehead atoms. The van der Waals surface area contributed by atoms with Gasteiger partial charge in [-0.3, -0.25) is 4.90 Å². The highest BCUT2D eigenvalue weighted by atomic mass is 32.1. The van der Waals surface area contributed by atoms with Crippen molar-refractivity contribution in [2.45, 2.75) is 38.9 Å². The Labute approximate surface area is 162 Å². The molecular formula is C19H23N5S2. The second-order valence-corrected chi connectivity index (χ2v) is 8.21. The summed E-state index contributed by atoms with van der Waals surface area (Å²) in [5.41, 5.74) is 1.13. The molecule has 0 amide bonds. The average molecular weight is 386 g/mol. The molecule has 0 saturated carbocycles. The number of hydrogen-bond acceptors (Lipinski definition) is 5. The fraction of sp³-hybridized carbons (Fsp3) is 0.421. The molecule has 0 unspecified atom stereocenters. The maximum Gasteiger partial charge on any atom is 0.199 e. The Kier molecular flexibility index (Phi) is 5.02. The number of aryl methyl sites for hydroxylation is 1. The zero-order chi connectivity index (χ0) is 18.1. The summed E-state index contributed by atoms with van der Waals surface area (Å²) >= 11 is 7.41. The van der Waals surface area contributed by atoms with E-state index >= 15 is 0 Å². The molecule has 0 aliphatic carbocycles. The quantitative estimate of drug-likeness (QED) is 0.483. The third-order valence-corrected chi connectivity index (χ3v) is 6.63. The Bertz CT molecular complexity index is 942. The van der Waals surface area contributed by atoms with E-state index < -0.39 is 0 Å². The fourth-order valence-electron chi connectivity index (χ4n) is 3.56. The minimum Gasteiger partial charge on any atom is -0.300 e. The zero-order valence-electron chi connectivity index (χ0n) is 15.0. The summed E-state index contributed by atoms with van der Waals surface area (Å²) in [6.07, 6.45) is 4.14. The van der Waals surface area contributed by atoms with Gasteiger partial charge in [-0.05, 0) is 44.1 Å². The van der Waals surface area contributed by atoms with Crippen molar-refractivity contribution in [1.82, 2.24) is 24.2 Å². The molecule has 136 valence electrons. The van der Waals surface area contributed by atoms with E-state index in [0.717, 1.165) is 48.7 Å². The predicted molar refractivity (Wildman–Crippen MR) is 109 cm³/mol. The third-order valence-electron chi connectivity index (χ3n) is 5.00. The lowest BCUT2D eigenvalue weighted by Gasteiger charge is -2.30. The summed E-state index contributed by atoms with van der Waals surface area (Å²) in [5.74, 6) is 1.51. The van der Waals surface area contributed by atoms with Crippen molar-refractivity contribution in [1.29, 1.82) is 0 Å². The fourth-order valence-corrected chi connectivity index (χ4v) is 5.00. The zero-order valence-corrected chi connectivity index (χ0v) is 16.6. The van der Waals surface area contributed by atoms with Gasteiger partial charge in [0.25, 0.3) is 0 Å². The largest absolute Gasteiger partial charge is 0.300 e. The molecule has 0 atom stereocenters. The van der Waals surface area contributed by atoms with E-state index in [1.807, 2.05) is 33.6 Å². The molecular weight excluding hydrogens is 362 g/mol. The maximum absolute atomic E-state index is 5.56. The summed E-state index contributed by atoms with van der Waals surface area (Å²) < 4.78 is 6.03. The average Bonchev–Trinajstić information content (AvgIpc) is 3.19. The molecule has 2 aromatic heterocycles. The number of allylic oxidation sites excluding steroid dienone is 1. The molecule has 0 N–H and O–H groups in total. The predicted octanol–water partition coefficient (Wildman–Crippen LogP) is 4.36. The number of hydrogen-bond donors (Lipinski definition) is 0. The van der Waals surface area contributed by atoms with Crippen LogP contribution in [-0.2, 0) is 13.2 Å². The Morgan fingerprint density at radius 3 is 2.81 bits per heavy atom. The molecule has 1 aromatic carbocycles. The standard InChI is InChI=1S/C19H23N5S2/c1-3-10-23-14(2)21-24(19(23)25)13-22-11-8-15(9-12-22)18-20-16-6-4-5-7-17(16)26-18/h3-7,15H,1,8-13H2,2H3. The van der Waals surface area contributed by atoms with E-state index in [4.69, 9.17) is 17.2 Å². The van der Waals surface area contributed by atoms with Gasteiger partial charge in [0.1, 0.15) is 5.82 Å². The van der Waals surface area contributed by atoms with E-state index in [9.17, 15) is 0 Å². The van der Waals surface area contributed by atoms with E-state index in [0.29, 0.717) is 12.5 Å². The molecule has 1 fully saturated rings. The number of nitrogens with zero attached hydrogens (tertiary/aromatic N) is 5. The van der Waals surface area contributed by atoms with Crippen LogP contribution in [0, 0.1) is 11.7 Å². The van der Waals surface area contributed by atoms with Crippen LogP contribution in [0.2, 0.25) is 0 Å². The van der Waals surface area contributed by atoms with Gasteiger partial charge in [0, 0.05) is 25.6 Å². The number of piperidine rings is 1. The third kappa shape index (κ3) is 3.39. The van der Waals surface area contributed by atoms with Crippen molar-refractivity contribution in [2.75, 3.05) is 13.1 Å². The van der Waals surface area contributed by atoms with Crippen LogP contribution >= 0.6 is 23.6 Å². The summed E-state index contributed by atoms with van der Waals surface area (Å²) in [6, 6.07) is 8.42. The van der Waals surface area contributed by atoms with Crippen LogP contribution in [-0.4, -0.2) is 37.3 Å². The summed E-state index contributed by atoms with van der Waals surface area (Å²) in [7, 11) is 0. The van der Waals surface area contributed by atoms with E-state index in [1.54, 1.807) is 0 Å². The number of likely N-dealkylation sites (tertiary alicyclic amines) is 1. The molecule has 1 aliphatic rings. The molecule has 3 heterocycles. The van der Waals surface area contributed by atoms with Crippen LogP contribution in [0.3, 0.4) is 0 Å². The molecule has 1 aliphatic heterocycles. The van der Waals surface area contributed by atoms with Crippen LogP contribution in [0.25, 0.3) is 10.2 Å². The maximum atomic E-state index is 5.56. The van der Waals surface area contributed by atoms with Crippen LogP contribution in [0.15, 0.2) is 36.9 Å². The van der Waals surface area contributed by atoms with Gasteiger partial charge in [-0.2, -0.15) is 5.10 Å². The highest BCUT2D eigenvalue weighted by molar-refractivity contribution is 7.71. The van der Waals surface area contributed by atoms with Crippen molar-refractivity contribution in [3.8, 4) is 0 Å². The highest BCUT2D eigenvalue weighted by Crippen LogP contribution is 2.33. The Morgan fingerprint density at radius 2 is 2.08 bits per heavy atom. The van der Waals surface area contributed by atoms with Crippen LogP contribution < -0.4 is 0 Å². The van der Waals surface area contributed by atoms with Gasteiger partial charge in [0.2, 0.25) is 0 Å². The number of benzene rings is 1. The normalized spacial score (nSPS) is 16.3. The van der Waals surface area contributed by atoms with Gasteiger partial charge < -0.3 is 4.57 Å². The first-order valence-corrected chi connectivity index (χ1v) is 10.2. The van der Waals surface area contributed by atoms with E-state index in [-0.39, 0.29) is 0 Å². The van der Waals surface area contributed by atoms with Gasteiger partial charge in [0.05, 0.1) is 21.9 Å². The smallest absolute Gasteiger partial charge is 0.199 e. The molecule has 0 spiro atoms. The first-order valence-electron chi connectivity index (χ1n) is 8.98. The molecule has 3 aromatic rings. The van der Waals surface area contributed by atoms with Gasteiger partial charge in [0.15, 0.2) is 4.77 Å².